The van der Waals surface area contributed by atoms with Gasteiger partial charge in [-0.25, -0.2) is 4.68 Å². The number of ether oxygens (including phenoxy) is 1. The lowest BCUT2D eigenvalue weighted by atomic mass is 10.3. The molecule has 0 radical (unpaired) electrons. The molecule has 0 aliphatic heterocycles. The van der Waals surface area contributed by atoms with Crippen molar-refractivity contribution in [1.82, 2.24) is 19.6 Å². The molecule has 0 saturated carbocycles. The smallest absolute Gasteiger partial charge is 0.228 e. The van der Waals surface area contributed by atoms with Crippen LogP contribution in [-0.2, 0) is 14.1 Å². The lowest BCUT2D eigenvalue weighted by Gasteiger charge is -2.07. The van der Waals surface area contributed by atoms with Gasteiger partial charge in [0.05, 0.1) is 42.6 Å². The third-order valence-corrected chi connectivity index (χ3v) is 6.58. The van der Waals surface area contributed by atoms with Gasteiger partial charge in [-0.1, -0.05) is 58.0 Å². The second-order valence-electron chi connectivity index (χ2n) is 7.35. The summed E-state index contributed by atoms with van der Waals surface area (Å²) in [6.45, 7) is 3.49. The van der Waals surface area contributed by atoms with E-state index in [9.17, 15) is 9.59 Å². The number of hydrogen-bond donors (Lipinski definition) is 1. The predicted molar refractivity (Wildman–Crippen MR) is 146 cm³/mol. The number of aryl methyl sites for hydroxylation is 4. The molecular weight excluding hydrogens is 586 g/mol. The maximum absolute atomic E-state index is 11.0. The summed E-state index contributed by atoms with van der Waals surface area (Å²) in [6, 6.07) is 9.30. The van der Waals surface area contributed by atoms with Gasteiger partial charge in [0.1, 0.15) is 16.7 Å². The Morgan fingerprint density at radius 2 is 1.27 bits per heavy atom. The molecule has 0 amide bonds. The first-order valence-corrected chi connectivity index (χ1v) is 12.2. The molecule has 0 aliphatic carbocycles. The van der Waals surface area contributed by atoms with E-state index in [0.717, 1.165) is 6.29 Å². The van der Waals surface area contributed by atoms with Crippen molar-refractivity contribution >= 4 is 70.6 Å². The van der Waals surface area contributed by atoms with Crippen LogP contribution < -0.4 is 4.74 Å². The average molecular weight is 607 g/mol. The van der Waals surface area contributed by atoms with E-state index in [2.05, 4.69) is 10.2 Å². The van der Waals surface area contributed by atoms with Crippen molar-refractivity contribution < 1.29 is 19.4 Å². The first-order valence-electron chi connectivity index (χ1n) is 10.3. The quantitative estimate of drug-likeness (QED) is 0.241. The van der Waals surface area contributed by atoms with Crippen LogP contribution >= 0.6 is 58.0 Å². The van der Waals surface area contributed by atoms with Crippen LogP contribution in [0.2, 0.25) is 25.2 Å². The van der Waals surface area contributed by atoms with Crippen LogP contribution in [0.1, 0.15) is 32.1 Å². The Bertz CT molecular complexity index is 1420. The fourth-order valence-corrected chi connectivity index (χ4v) is 3.63. The molecule has 1 N–H and O–H groups in total. The molecular formula is C24H21Cl5N4O4. The molecule has 0 unspecified atom stereocenters. The Balaban J connectivity index is 0.000000214. The molecule has 4 aromatic rings. The number of rotatable bonds is 4. The number of aldehydes is 2. The number of carbonyl (C=O) groups is 2. The zero-order chi connectivity index (χ0) is 27.9. The molecule has 13 heteroatoms. The predicted octanol–water partition coefficient (Wildman–Crippen LogP) is 7.53. The lowest BCUT2D eigenvalue weighted by molar-refractivity contribution is 0.111. The highest BCUT2D eigenvalue weighted by atomic mass is 35.5. The minimum atomic E-state index is 0.129. The molecule has 2 aromatic carbocycles. The van der Waals surface area contributed by atoms with Crippen LogP contribution in [0.4, 0.5) is 0 Å². The number of benzene rings is 2. The molecule has 0 saturated heterocycles. The second kappa shape index (κ2) is 13.7. The highest BCUT2D eigenvalue weighted by molar-refractivity contribution is 6.42. The topological polar surface area (TPSA) is 99.2 Å². The van der Waals surface area contributed by atoms with E-state index in [1.807, 2.05) is 0 Å². The summed E-state index contributed by atoms with van der Waals surface area (Å²) in [5.74, 6) is 1.00. The molecule has 8 nitrogen and oxygen atoms in total. The van der Waals surface area contributed by atoms with Crippen molar-refractivity contribution in [2.45, 2.75) is 13.8 Å². The minimum Gasteiger partial charge on any atom is -0.508 e. The van der Waals surface area contributed by atoms with E-state index in [1.54, 1.807) is 52.2 Å². The number of phenols is 1. The first kappa shape index (κ1) is 30.5. The van der Waals surface area contributed by atoms with Crippen LogP contribution in [0.3, 0.4) is 0 Å². The number of phenolic OH excluding ortho intramolecular Hbond substituents is 1. The fraction of sp³-hybridized carbons (Fsp3) is 0.167. The maximum atomic E-state index is 11.0. The normalized spacial score (nSPS) is 10.1. The van der Waals surface area contributed by atoms with E-state index in [0.29, 0.717) is 65.7 Å². The van der Waals surface area contributed by atoms with Crippen LogP contribution in [0.15, 0.2) is 36.4 Å². The largest absolute Gasteiger partial charge is 0.508 e. The molecule has 0 atom stereocenters. The standard InChI is InChI=1S/C12H10Cl2N2O2.C6H4Cl2O.C6H7ClN2O/c1-7-9(6-17)12(16(2)15-7)18-8-3-4-10(13)11(14)5-8;7-5-2-1-4(9)3-6(5)8;1-4-5(3-10)6(7)9(2)8-4/h3-6H,1-2H3;1-3,9H;3H,1-2H3. The highest BCUT2D eigenvalue weighted by Gasteiger charge is 2.15. The molecule has 0 bridgehead atoms. The monoisotopic (exact) mass is 604 g/mol. The molecule has 2 heterocycles. The summed E-state index contributed by atoms with van der Waals surface area (Å²) in [7, 11) is 3.40. The summed E-state index contributed by atoms with van der Waals surface area (Å²) in [5, 5.41) is 18.9. The van der Waals surface area contributed by atoms with E-state index >= 15 is 0 Å². The van der Waals surface area contributed by atoms with E-state index in [4.69, 9.17) is 67.8 Å². The summed E-state index contributed by atoms with van der Waals surface area (Å²) in [5.41, 5.74) is 2.18. The zero-order valence-corrected chi connectivity index (χ0v) is 23.7. The lowest BCUT2D eigenvalue weighted by Crippen LogP contribution is -1.96. The zero-order valence-electron chi connectivity index (χ0n) is 20.0. The van der Waals surface area contributed by atoms with E-state index < -0.39 is 0 Å². The summed E-state index contributed by atoms with van der Waals surface area (Å²) in [6.07, 6.45) is 1.43. The summed E-state index contributed by atoms with van der Waals surface area (Å²) in [4.78, 5) is 21.3. The highest BCUT2D eigenvalue weighted by Crippen LogP contribution is 2.31. The molecule has 2 aromatic heterocycles. The van der Waals surface area contributed by atoms with Crippen molar-refractivity contribution in [3.8, 4) is 17.4 Å². The third-order valence-electron chi connectivity index (χ3n) is 4.65. The van der Waals surface area contributed by atoms with E-state index in [1.165, 1.54) is 21.5 Å². The Kier molecular flexibility index (Phi) is 11.3. The Morgan fingerprint density at radius 1 is 0.757 bits per heavy atom. The van der Waals surface area contributed by atoms with Gasteiger partial charge in [0.15, 0.2) is 12.6 Å². The van der Waals surface area contributed by atoms with Crippen molar-refractivity contribution in [3.63, 3.8) is 0 Å². The Hall–Kier alpha value is -2.75. The fourth-order valence-electron chi connectivity index (χ4n) is 2.83. The average Bonchev–Trinajstić information content (AvgIpc) is 3.25. The van der Waals surface area contributed by atoms with Crippen molar-refractivity contribution in [3.05, 3.63) is 84.2 Å². The molecule has 0 fully saturated rings. The summed E-state index contributed by atoms with van der Waals surface area (Å²) < 4.78 is 8.59. The number of aromatic nitrogens is 4. The van der Waals surface area contributed by atoms with Gasteiger partial charge in [-0.15, -0.1) is 0 Å². The van der Waals surface area contributed by atoms with E-state index in [-0.39, 0.29) is 5.75 Å². The second-order valence-corrected chi connectivity index (χ2v) is 9.34. The SMILES string of the molecule is Cc1nn(C)c(Cl)c1C=O.Cc1nn(C)c(Oc2ccc(Cl)c(Cl)c2)c1C=O.Oc1ccc(Cl)c(Cl)c1. The first-order chi connectivity index (χ1) is 17.4. The van der Waals surface area contributed by atoms with Crippen LogP contribution in [0.5, 0.6) is 17.4 Å². The molecule has 0 spiro atoms. The summed E-state index contributed by atoms with van der Waals surface area (Å²) >= 11 is 28.5. The number of nitrogens with zero attached hydrogens (tertiary/aromatic N) is 4. The minimum absolute atomic E-state index is 0.129. The number of aromatic hydroxyl groups is 1. The number of hydrogen-bond acceptors (Lipinski definition) is 6. The maximum Gasteiger partial charge on any atom is 0.228 e. The third kappa shape index (κ3) is 8.12. The van der Waals surface area contributed by atoms with Crippen LogP contribution in [0, 0.1) is 13.8 Å². The van der Waals surface area contributed by atoms with Gasteiger partial charge >= 0.3 is 0 Å². The molecule has 196 valence electrons. The van der Waals surface area contributed by atoms with Gasteiger partial charge in [-0.2, -0.15) is 10.2 Å². The number of carbonyl (C=O) groups excluding carboxylic acids is 2. The van der Waals surface area contributed by atoms with Gasteiger partial charge in [-0.3, -0.25) is 14.3 Å². The van der Waals surface area contributed by atoms with Crippen molar-refractivity contribution in [2.24, 2.45) is 14.1 Å². The van der Waals surface area contributed by atoms with Gasteiger partial charge in [0.25, 0.3) is 0 Å². The Morgan fingerprint density at radius 3 is 1.70 bits per heavy atom. The van der Waals surface area contributed by atoms with Gasteiger partial charge in [-0.05, 0) is 44.2 Å². The van der Waals surface area contributed by atoms with Gasteiger partial charge in [0, 0.05) is 20.2 Å². The Labute approximate surface area is 238 Å². The van der Waals surface area contributed by atoms with Gasteiger partial charge in [0.2, 0.25) is 5.88 Å². The van der Waals surface area contributed by atoms with Crippen LogP contribution in [0.25, 0.3) is 0 Å². The molecule has 4 rings (SSSR count). The van der Waals surface area contributed by atoms with Crippen LogP contribution in [-0.4, -0.2) is 37.2 Å². The van der Waals surface area contributed by atoms with Crippen molar-refractivity contribution in [1.29, 1.82) is 0 Å². The van der Waals surface area contributed by atoms with Gasteiger partial charge < -0.3 is 9.84 Å². The molecule has 37 heavy (non-hydrogen) atoms. The molecule has 0 aliphatic rings. The van der Waals surface area contributed by atoms with Crippen molar-refractivity contribution in [2.75, 3.05) is 0 Å². The number of halogens is 5.